The maximum Gasteiger partial charge on any atom is 0.304 e. The van der Waals surface area contributed by atoms with E-state index >= 15 is 0 Å². The van der Waals surface area contributed by atoms with Gasteiger partial charge in [0.15, 0.2) is 5.13 Å². The van der Waals surface area contributed by atoms with Crippen molar-refractivity contribution in [3.05, 3.63) is 83.4 Å². The third-order valence-corrected chi connectivity index (χ3v) is 8.27. The first kappa shape index (κ1) is 25.9. The second kappa shape index (κ2) is 10.7. The molecular formula is C31H28N4O4S. The maximum absolute atomic E-state index is 13.9. The van der Waals surface area contributed by atoms with Gasteiger partial charge in [0.25, 0.3) is 0 Å². The minimum atomic E-state index is -0.991. The van der Waals surface area contributed by atoms with E-state index in [4.69, 9.17) is 4.98 Å². The van der Waals surface area contributed by atoms with Crippen LogP contribution in [0.25, 0.3) is 22.4 Å². The number of carboxylic acids is 1. The van der Waals surface area contributed by atoms with Crippen molar-refractivity contribution in [1.29, 1.82) is 0 Å². The quantitative estimate of drug-likeness (QED) is 0.305. The number of pyridine rings is 1. The number of anilines is 2. The van der Waals surface area contributed by atoms with Crippen molar-refractivity contribution in [2.45, 2.75) is 38.1 Å². The fourth-order valence-corrected chi connectivity index (χ4v) is 6.16. The molecule has 0 saturated heterocycles. The van der Waals surface area contributed by atoms with Crippen LogP contribution in [0.15, 0.2) is 72.2 Å². The molecule has 0 bridgehead atoms. The molecule has 1 N–H and O–H groups in total. The van der Waals surface area contributed by atoms with Gasteiger partial charge in [-0.25, -0.2) is 9.97 Å². The summed E-state index contributed by atoms with van der Waals surface area (Å²) in [6, 6.07) is 19.5. The van der Waals surface area contributed by atoms with Crippen LogP contribution in [-0.4, -0.2) is 45.9 Å². The summed E-state index contributed by atoms with van der Waals surface area (Å²) >= 11 is 1.40. The summed E-state index contributed by atoms with van der Waals surface area (Å²) < 4.78 is 0. The van der Waals surface area contributed by atoms with Gasteiger partial charge in [-0.05, 0) is 36.5 Å². The highest BCUT2D eigenvalue weighted by Crippen LogP contribution is 2.40. The number of carbonyl (C=O) groups is 3. The molecule has 9 heteroatoms. The smallest absolute Gasteiger partial charge is 0.304 e. The zero-order chi connectivity index (χ0) is 27.8. The monoisotopic (exact) mass is 552 g/mol. The van der Waals surface area contributed by atoms with Crippen LogP contribution in [0.3, 0.4) is 0 Å². The largest absolute Gasteiger partial charge is 0.481 e. The minimum absolute atomic E-state index is 0.0235. The molecule has 2 aromatic heterocycles. The van der Waals surface area contributed by atoms with Crippen LogP contribution in [0.1, 0.15) is 30.4 Å². The lowest BCUT2D eigenvalue weighted by Gasteiger charge is -2.25. The van der Waals surface area contributed by atoms with E-state index in [1.165, 1.54) is 11.3 Å². The Kier molecular flexibility index (Phi) is 6.89. The highest BCUT2D eigenvalue weighted by molar-refractivity contribution is 7.14. The Balaban J connectivity index is 1.31. The van der Waals surface area contributed by atoms with Gasteiger partial charge in [0.05, 0.1) is 24.5 Å². The number of benzene rings is 2. The summed E-state index contributed by atoms with van der Waals surface area (Å²) in [6.07, 6.45) is 3.97. The number of aromatic nitrogens is 2. The van der Waals surface area contributed by atoms with E-state index in [2.05, 4.69) is 4.98 Å². The maximum atomic E-state index is 13.9. The van der Waals surface area contributed by atoms with Crippen molar-refractivity contribution in [3.63, 3.8) is 0 Å². The van der Waals surface area contributed by atoms with Gasteiger partial charge in [0.2, 0.25) is 11.8 Å². The minimum Gasteiger partial charge on any atom is -0.481 e. The molecule has 8 nitrogen and oxygen atoms in total. The number of amides is 2. The fraction of sp³-hybridized carbons (Fsp3) is 0.258. The predicted molar refractivity (Wildman–Crippen MR) is 154 cm³/mol. The Morgan fingerprint density at radius 3 is 2.55 bits per heavy atom. The second-order valence-electron chi connectivity index (χ2n) is 10.3. The van der Waals surface area contributed by atoms with Crippen LogP contribution in [-0.2, 0) is 27.2 Å². The van der Waals surface area contributed by atoms with E-state index in [-0.39, 0.29) is 24.3 Å². The lowest BCUT2D eigenvalue weighted by molar-refractivity contribution is -0.140. The van der Waals surface area contributed by atoms with E-state index in [0.717, 1.165) is 46.4 Å². The highest BCUT2D eigenvalue weighted by atomic mass is 32.1. The SMILES string of the molecule is CN1C(=O)Cc2cc(-c3ccccc3-c3csc(N(C(=O)[C@@H](CC(=O)O)Cc4ccccc4)C4CC4)n3)cnc21. The van der Waals surface area contributed by atoms with Gasteiger partial charge >= 0.3 is 5.97 Å². The first-order valence-electron chi connectivity index (χ1n) is 13.3. The molecule has 0 spiro atoms. The summed E-state index contributed by atoms with van der Waals surface area (Å²) in [5, 5.41) is 12.1. The molecule has 40 heavy (non-hydrogen) atoms. The summed E-state index contributed by atoms with van der Waals surface area (Å²) in [4.78, 5) is 50.5. The molecular weight excluding hydrogens is 524 g/mol. The molecule has 1 fully saturated rings. The number of likely N-dealkylation sites (N-methyl/N-ethyl adjacent to an activating group) is 1. The molecule has 1 aliphatic carbocycles. The molecule has 0 radical (unpaired) electrons. The number of carbonyl (C=O) groups excluding carboxylic acids is 2. The molecule has 1 aliphatic heterocycles. The van der Waals surface area contributed by atoms with Gasteiger partial charge in [-0.2, -0.15) is 0 Å². The number of aliphatic carboxylic acids is 1. The number of thiazole rings is 1. The molecule has 0 unspecified atom stereocenters. The van der Waals surface area contributed by atoms with Gasteiger partial charge < -0.3 is 5.11 Å². The summed E-state index contributed by atoms with van der Waals surface area (Å²) in [6.45, 7) is 0. The molecule has 3 heterocycles. The molecule has 6 rings (SSSR count). The van der Waals surface area contributed by atoms with Gasteiger partial charge in [-0.3, -0.25) is 24.2 Å². The van der Waals surface area contributed by atoms with Crippen LogP contribution >= 0.6 is 11.3 Å². The summed E-state index contributed by atoms with van der Waals surface area (Å²) in [5.41, 5.74) is 5.30. The number of hydrogen-bond acceptors (Lipinski definition) is 6. The van der Waals surface area contributed by atoms with Crippen molar-refractivity contribution < 1.29 is 19.5 Å². The average molecular weight is 553 g/mol. The van der Waals surface area contributed by atoms with Crippen molar-refractivity contribution in [3.8, 4) is 22.4 Å². The zero-order valence-electron chi connectivity index (χ0n) is 22.0. The van der Waals surface area contributed by atoms with Crippen molar-refractivity contribution in [1.82, 2.24) is 9.97 Å². The number of rotatable bonds is 9. The molecule has 2 amide bonds. The van der Waals surface area contributed by atoms with E-state index in [1.54, 1.807) is 23.0 Å². The lowest BCUT2D eigenvalue weighted by atomic mass is 9.94. The zero-order valence-corrected chi connectivity index (χ0v) is 22.8. The normalized spacial score (nSPS) is 15.1. The van der Waals surface area contributed by atoms with Gasteiger partial charge in [0.1, 0.15) is 5.82 Å². The average Bonchev–Trinajstić information content (AvgIpc) is 3.60. The number of hydrogen-bond donors (Lipinski definition) is 1. The summed E-state index contributed by atoms with van der Waals surface area (Å²) in [5.74, 6) is -1.16. The second-order valence-corrected chi connectivity index (χ2v) is 11.2. The van der Waals surface area contributed by atoms with E-state index in [1.807, 2.05) is 66.0 Å². The van der Waals surface area contributed by atoms with Crippen molar-refractivity contribution >= 4 is 40.1 Å². The van der Waals surface area contributed by atoms with E-state index in [9.17, 15) is 19.5 Å². The van der Waals surface area contributed by atoms with Crippen LogP contribution < -0.4 is 9.80 Å². The van der Waals surface area contributed by atoms with Gasteiger partial charge in [-0.15, -0.1) is 11.3 Å². The third-order valence-electron chi connectivity index (χ3n) is 7.43. The Hall–Kier alpha value is -4.37. The Morgan fingerprint density at radius 2 is 1.82 bits per heavy atom. The first-order valence-corrected chi connectivity index (χ1v) is 14.2. The molecule has 202 valence electrons. The van der Waals surface area contributed by atoms with E-state index < -0.39 is 11.9 Å². The van der Waals surface area contributed by atoms with Crippen molar-refractivity contribution in [2.24, 2.45) is 5.92 Å². The molecule has 2 aliphatic rings. The molecule has 4 aromatic rings. The van der Waals surface area contributed by atoms with Gasteiger partial charge in [-0.1, -0.05) is 54.6 Å². The lowest BCUT2D eigenvalue weighted by Crippen LogP contribution is -2.39. The first-order chi connectivity index (χ1) is 19.4. The third kappa shape index (κ3) is 5.12. The van der Waals surface area contributed by atoms with Crippen molar-refractivity contribution in [2.75, 3.05) is 16.8 Å². The Labute approximate surface area is 235 Å². The fourth-order valence-electron chi connectivity index (χ4n) is 5.25. The van der Waals surface area contributed by atoms with Crippen LogP contribution in [0.5, 0.6) is 0 Å². The van der Waals surface area contributed by atoms with Crippen LogP contribution in [0.4, 0.5) is 10.9 Å². The van der Waals surface area contributed by atoms with Crippen LogP contribution in [0, 0.1) is 5.92 Å². The Morgan fingerprint density at radius 1 is 1.10 bits per heavy atom. The molecule has 2 aromatic carbocycles. The number of carboxylic acid groups (broad SMARTS) is 1. The standard InChI is InChI=1S/C31H28N4O4S/c1-34-27(36)15-20-14-22(17-32-29(20)34)24-9-5-6-10-25(24)26-18-40-31(33-26)35(23-11-12-23)30(39)21(16-28(37)38)13-19-7-3-2-4-8-19/h2-10,14,17-18,21,23H,11-13,15-16H2,1H3,(H,37,38)/t21-/m1/s1. The van der Waals surface area contributed by atoms with E-state index in [0.29, 0.717) is 23.8 Å². The molecule has 1 atom stereocenters. The predicted octanol–water partition coefficient (Wildman–Crippen LogP) is 5.22. The van der Waals surface area contributed by atoms with Crippen LogP contribution in [0.2, 0.25) is 0 Å². The number of fused-ring (bicyclic) bond motifs is 1. The number of nitrogens with zero attached hydrogens (tertiary/aromatic N) is 4. The Bertz CT molecular complexity index is 1600. The van der Waals surface area contributed by atoms with Gasteiger partial charge in [0, 0.05) is 41.4 Å². The topological polar surface area (TPSA) is 104 Å². The summed E-state index contributed by atoms with van der Waals surface area (Å²) in [7, 11) is 1.74. The highest BCUT2D eigenvalue weighted by Gasteiger charge is 2.39. The molecule has 1 saturated carbocycles.